The van der Waals surface area contributed by atoms with E-state index in [1.54, 1.807) is 19.1 Å². The Morgan fingerprint density at radius 2 is 2.00 bits per heavy atom. The Morgan fingerprint density at radius 1 is 1.37 bits per heavy atom. The molecule has 0 aliphatic carbocycles. The van der Waals surface area contributed by atoms with Gasteiger partial charge in [-0.1, -0.05) is 29.8 Å². The molecule has 19 heavy (non-hydrogen) atoms. The van der Waals surface area contributed by atoms with E-state index in [1.807, 2.05) is 0 Å². The highest BCUT2D eigenvalue weighted by atomic mass is 35.5. The van der Waals surface area contributed by atoms with Gasteiger partial charge >= 0.3 is 0 Å². The van der Waals surface area contributed by atoms with Gasteiger partial charge in [0.1, 0.15) is 0 Å². The first-order chi connectivity index (χ1) is 9.02. The number of carbonyl (C=O) groups excluding carboxylic acids is 1. The molecule has 0 bridgehead atoms. The minimum Gasteiger partial charge on any atom is -0.383 e. The van der Waals surface area contributed by atoms with Crippen molar-refractivity contribution in [3.05, 3.63) is 35.4 Å². The van der Waals surface area contributed by atoms with Crippen molar-refractivity contribution in [2.75, 3.05) is 27.3 Å². The lowest BCUT2D eigenvalue weighted by molar-refractivity contribution is -0.129. The van der Waals surface area contributed by atoms with Crippen LogP contribution in [-0.4, -0.2) is 43.5 Å². The summed E-state index contributed by atoms with van der Waals surface area (Å²) in [4.78, 5) is 13.6. The Hall–Kier alpha value is -1.06. The molecule has 0 radical (unpaired) electrons. The minimum absolute atomic E-state index is 0.113. The number of nitrogens with zero attached hydrogens (tertiary/aromatic N) is 1. The third-order valence-corrected chi connectivity index (χ3v) is 3.26. The third-order valence-electron chi connectivity index (χ3n) is 2.99. The number of hydrogen-bond acceptors (Lipinski definition) is 2. The molecule has 0 saturated carbocycles. The van der Waals surface area contributed by atoms with Gasteiger partial charge in [-0.15, -0.1) is 11.6 Å². The van der Waals surface area contributed by atoms with E-state index in [2.05, 4.69) is 31.2 Å². The van der Waals surface area contributed by atoms with Crippen LogP contribution >= 0.6 is 11.6 Å². The number of halogens is 1. The van der Waals surface area contributed by atoms with Crippen molar-refractivity contribution in [1.82, 2.24) is 4.90 Å². The first-order valence-corrected chi connectivity index (χ1v) is 6.89. The van der Waals surface area contributed by atoms with E-state index < -0.39 is 0 Å². The van der Waals surface area contributed by atoms with Gasteiger partial charge in [0.25, 0.3) is 0 Å². The van der Waals surface area contributed by atoms with Crippen molar-refractivity contribution in [3.63, 3.8) is 0 Å². The van der Waals surface area contributed by atoms with E-state index in [1.165, 1.54) is 11.1 Å². The van der Waals surface area contributed by atoms with Gasteiger partial charge in [0.05, 0.1) is 12.0 Å². The number of amides is 1. The van der Waals surface area contributed by atoms with Crippen molar-refractivity contribution in [2.45, 2.75) is 25.1 Å². The Balaban J connectivity index is 2.36. The second-order valence-electron chi connectivity index (χ2n) is 4.81. The maximum Gasteiger partial charge on any atom is 0.222 e. The molecule has 1 aromatic carbocycles. The van der Waals surface area contributed by atoms with Gasteiger partial charge < -0.3 is 9.64 Å². The summed E-state index contributed by atoms with van der Waals surface area (Å²) in [6.07, 6.45) is 1.27. The smallest absolute Gasteiger partial charge is 0.222 e. The fourth-order valence-electron chi connectivity index (χ4n) is 1.83. The van der Waals surface area contributed by atoms with Crippen molar-refractivity contribution < 1.29 is 9.53 Å². The van der Waals surface area contributed by atoms with Crippen LogP contribution in [0.4, 0.5) is 0 Å². The first kappa shape index (κ1) is 16.0. The second kappa shape index (κ2) is 8.18. The normalized spacial score (nSPS) is 12.2. The van der Waals surface area contributed by atoms with Crippen LogP contribution in [0, 0.1) is 6.92 Å². The number of ether oxygens (including phenoxy) is 1. The van der Waals surface area contributed by atoms with Gasteiger partial charge in [-0.2, -0.15) is 0 Å². The predicted octanol–water partition coefficient (Wildman–Crippen LogP) is 2.64. The SMILES string of the molecule is COCC(Cl)CN(C)C(=O)CCc1ccc(C)cc1. The molecule has 0 aromatic heterocycles. The summed E-state index contributed by atoms with van der Waals surface area (Å²) in [5.74, 6) is 0.113. The van der Waals surface area contributed by atoms with E-state index in [0.29, 0.717) is 19.6 Å². The minimum atomic E-state index is -0.154. The maximum atomic E-state index is 11.9. The molecule has 1 atom stereocenters. The standard InChI is InChI=1S/C15H22ClNO2/c1-12-4-6-13(7-5-12)8-9-15(18)17(2)10-14(16)11-19-3/h4-7,14H,8-11H2,1-3H3. The predicted molar refractivity (Wildman–Crippen MR) is 78.7 cm³/mol. The lowest BCUT2D eigenvalue weighted by Gasteiger charge is -2.20. The zero-order valence-electron chi connectivity index (χ0n) is 11.9. The van der Waals surface area contributed by atoms with E-state index in [0.717, 1.165) is 6.42 Å². The molecule has 106 valence electrons. The number of hydrogen-bond donors (Lipinski definition) is 0. The molecule has 1 amide bonds. The van der Waals surface area contributed by atoms with Gasteiger partial charge in [-0.3, -0.25) is 4.79 Å². The van der Waals surface area contributed by atoms with Crippen molar-refractivity contribution in [3.8, 4) is 0 Å². The molecule has 0 N–H and O–H groups in total. The number of methoxy groups -OCH3 is 1. The second-order valence-corrected chi connectivity index (χ2v) is 5.43. The Labute approximate surface area is 120 Å². The summed E-state index contributed by atoms with van der Waals surface area (Å²) in [6.45, 7) is 3.03. The molecule has 0 aliphatic heterocycles. The molecular formula is C15H22ClNO2. The van der Waals surface area contributed by atoms with Crippen LogP contribution < -0.4 is 0 Å². The Morgan fingerprint density at radius 3 is 2.58 bits per heavy atom. The van der Waals surface area contributed by atoms with Crippen molar-refractivity contribution in [1.29, 1.82) is 0 Å². The fraction of sp³-hybridized carbons (Fsp3) is 0.533. The molecular weight excluding hydrogens is 262 g/mol. The monoisotopic (exact) mass is 283 g/mol. The molecule has 1 rings (SSSR count). The van der Waals surface area contributed by atoms with Crippen LogP contribution in [0.15, 0.2) is 24.3 Å². The molecule has 0 fully saturated rings. The molecule has 1 aromatic rings. The molecule has 0 saturated heterocycles. The summed E-state index contributed by atoms with van der Waals surface area (Å²) in [7, 11) is 3.39. The number of carbonyl (C=O) groups is 1. The van der Waals surface area contributed by atoms with E-state index in [9.17, 15) is 4.79 Å². The van der Waals surface area contributed by atoms with E-state index >= 15 is 0 Å². The number of rotatable bonds is 7. The number of benzene rings is 1. The van der Waals surface area contributed by atoms with E-state index in [-0.39, 0.29) is 11.3 Å². The topological polar surface area (TPSA) is 29.5 Å². The van der Waals surface area contributed by atoms with Gasteiger partial charge in [0, 0.05) is 27.1 Å². The average Bonchev–Trinajstić information content (AvgIpc) is 2.37. The van der Waals surface area contributed by atoms with Crippen LogP contribution in [0.5, 0.6) is 0 Å². The van der Waals surface area contributed by atoms with Gasteiger partial charge in [0.2, 0.25) is 5.91 Å². The van der Waals surface area contributed by atoms with Crippen LogP contribution in [-0.2, 0) is 16.0 Å². The largest absolute Gasteiger partial charge is 0.383 e. The van der Waals surface area contributed by atoms with Crippen molar-refractivity contribution >= 4 is 17.5 Å². The van der Waals surface area contributed by atoms with Crippen LogP contribution in [0.25, 0.3) is 0 Å². The van der Waals surface area contributed by atoms with Gasteiger partial charge in [-0.25, -0.2) is 0 Å². The molecule has 4 heteroatoms. The lowest BCUT2D eigenvalue weighted by Crippen LogP contribution is -2.34. The molecule has 1 unspecified atom stereocenters. The molecule has 0 heterocycles. The van der Waals surface area contributed by atoms with Crippen LogP contribution in [0.3, 0.4) is 0 Å². The van der Waals surface area contributed by atoms with E-state index in [4.69, 9.17) is 16.3 Å². The zero-order chi connectivity index (χ0) is 14.3. The average molecular weight is 284 g/mol. The highest BCUT2D eigenvalue weighted by Crippen LogP contribution is 2.08. The fourth-order valence-corrected chi connectivity index (χ4v) is 2.16. The summed E-state index contributed by atoms with van der Waals surface area (Å²) < 4.78 is 4.95. The van der Waals surface area contributed by atoms with Gasteiger partial charge in [0.15, 0.2) is 0 Å². The molecule has 3 nitrogen and oxygen atoms in total. The summed E-state index contributed by atoms with van der Waals surface area (Å²) in [5, 5.41) is -0.154. The highest BCUT2D eigenvalue weighted by Gasteiger charge is 2.13. The zero-order valence-corrected chi connectivity index (χ0v) is 12.6. The maximum absolute atomic E-state index is 11.9. The summed E-state index contributed by atoms with van der Waals surface area (Å²) in [5.41, 5.74) is 2.42. The third kappa shape index (κ3) is 6.08. The molecule has 0 aliphatic rings. The van der Waals surface area contributed by atoms with Crippen LogP contribution in [0.2, 0.25) is 0 Å². The Kier molecular flexibility index (Phi) is 6.89. The Bertz CT molecular complexity index is 392. The number of alkyl halides is 1. The summed E-state index contributed by atoms with van der Waals surface area (Å²) >= 11 is 6.04. The lowest BCUT2D eigenvalue weighted by atomic mass is 10.1. The van der Waals surface area contributed by atoms with Crippen molar-refractivity contribution in [2.24, 2.45) is 0 Å². The van der Waals surface area contributed by atoms with Crippen LogP contribution in [0.1, 0.15) is 17.5 Å². The summed E-state index contributed by atoms with van der Waals surface area (Å²) in [6, 6.07) is 8.27. The quantitative estimate of drug-likeness (QED) is 0.720. The highest BCUT2D eigenvalue weighted by molar-refractivity contribution is 6.21. The van der Waals surface area contributed by atoms with Gasteiger partial charge in [-0.05, 0) is 18.9 Å². The first-order valence-electron chi connectivity index (χ1n) is 6.45. The molecule has 0 spiro atoms. The number of aryl methyl sites for hydroxylation is 2.